The van der Waals surface area contributed by atoms with Gasteiger partial charge >= 0.3 is 0 Å². The molecule has 0 aromatic heterocycles. The van der Waals surface area contributed by atoms with Gasteiger partial charge in [-0.05, 0) is 17.9 Å². The van der Waals surface area contributed by atoms with Gasteiger partial charge in [-0.15, -0.1) is 0 Å². The maximum absolute atomic E-state index is 10.2. The van der Waals surface area contributed by atoms with E-state index in [1.807, 2.05) is 0 Å². The van der Waals surface area contributed by atoms with Crippen LogP contribution in [0.15, 0.2) is 0 Å². The average molecular weight is 178 g/mol. The monoisotopic (exact) mass is 178 g/mol. The Hall–Kier alpha value is 0.320. The summed E-state index contributed by atoms with van der Waals surface area (Å²) in [6.45, 7) is 8.38. The van der Waals surface area contributed by atoms with Crippen LogP contribution in [-0.4, -0.2) is 24.3 Å². The Kier molecular flexibility index (Phi) is 3.25. The largest absolute Gasteiger partial charge is 0.303 e. The number of aldehydes is 1. The van der Waals surface area contributed by atoms with Crippen molar-refractivity contribution in [1.82, 2.24) is 0 Å². The first-order valence-electron chi connectivity index (χ1n) is 3.31. The van der Waals surface area contributed by atoms with Crippen molar-refractivity contribution in [2.75, 3.05) is 12.8 Å². The molecule has 3 heteroatoms. The van der Waals surface area contributed by atoms with Gasteiger partial charge in [0.25, 0.3) is 0 Å². The first-order valence-corrected chi connectivity index (χ1v) is 6.75. The zero-order valence-electron chi connectivity index (χ0n) is 7.05. The first kappa shape index (κ1) is 10.3. The quantitative estimate of drug-likeness (QED) is 0.476. The average Bonchev–Trinajstić information content (AvgIpc) is 1.61. The van der Waals surface area contributed by atoms with Crippen LogP contribution in [-0.2, 0) is 16.6 Å². The number of hydrogen-bond donors (Lipinski definition) is 0. The molecule has 0 aromatic carbocycles. The van der Waals surface area contributed by atoms with Crippen molar-refractivity contribution in [1.29, 1.82) is 0 Å². The zero-order valence-corrected chi connectivity index (χ0v) is 8.76. The Bertz CT molecular complexity index is 169. The van der Waals surface area contributed by atoms with Gasteiger partial charge in [0.1, 0.15) is 6.29 Å². The van der Waals surface area contributed by atoms with E-state index in [1.165, 1.54) is 0 Å². The molecule has 0 aliphatic rings. The molecule has 0 aliphatic carbocycles. The lowest BCUT2D eigenvalue weighted by atomic mass is 10.3. The third-order valence-electron chi connectivity index (χ3n) is 1.84. The fourth-order valence-corrected chi connectivity index (χ4v) is 1.43. The van der Waals surface area contributed by atoms with Crippen LogP contribution in [0.1, 0.15) is 20.8 Å². The molecule has 0 bridgehead atoms. The highest BCUT2D eigenvalue weighted by molar-refractivity contribution is 8.15. The van der Waals surface area contributed by atoms with E-state index in [0.29, 0.717) is 6.16 Å². The van der Waals surface area contributed by atoms with Crippen molar-refractivity contribution in [3.05, 3.63) is 0 Å². The van der Waals surface area contributed by atoms with Crippen molar-refractivity contribution >= 4 is 24.1 Å². The molecule has 0 heterocycles. The molecule has 0 aromatic rings. The molecule has 10 heavy (non-hydrogen) atoms. The lowest BCUT2D eigenvalue weighted by molar-refractivity contribution is -0.105. The maximum Gasteiger partial charge on any atom is 0.125 e. The van der Waals surface area contributed by atoms with E-state index in [2.05, 4.69) is 27.4 Å². The summed E-state index contributed by atoms with van der Waals surface area (Å²) >= 11 is 5.36. The summed E-state index contributed by atoms with van der Waals surface area (Å²) in [4.78, 5) is 10.2. The van der Waals surface area contributed by atoms with Gasteiger partial charge in [-0.3, -0.25) is 0 Å². The van der Waals surface area contributed by atoms with Crippen molar-refractivity contribution < 1.29 is 4.79 Å². The van der Waals surface area contributed by atoms with Gasteiger partial charge in [-0.1, -0.05) is 32.6 Å². The molecule has 0 N–H and O–H groups in total. The van der Waals surface area contributed by atoms with Gasteiger partial charge < -0.3 is 4.79 Å². The highest BCUT2D eigenvalue weighted by Gasteiger charge is 2.25. The van der Waals surface area contributed by atoms with Crippen molar-refractivity contribution in [2.45, 2.75) is 25.9 Å². The smallest absolute Gasteiger partial charge is 0.125 e. The molecule has 0 amide bonds. The van der Waals surface area contributed by atoms with Crippen molar-refractivity contribution in [3.8, 4) is 0 Å². The minimum atomic E-state index is -1.41. The van der Waals surface area contributed by atoms with E-state index in [1.54, 1.807) is 0 Å². The summed E-state index contributed by atoms with van der Waals surface area (Å²) in [7, 11) is 0. The number of carbonyl (C=O) groups excluding carboxylic acids is 1. The van der Waals surface area contributed by atoms with Crippen LogP contribution in [0.4, 0.5) is 0 Å². The van der Waals surface area contributed by atoms with E-state index in [0.717, 1.165) is 6.29 Å². The minimum absolute atomic E-state index is 0.142. The first-order chi connectivity index (χ1) is 4.31. The molecule has 0 saturated heterocycles. The lowest BCUT2D eigenvalue weighted by Gasteiger charge is -2.29. The Morgan fingerprint density at radius 3 is 2.00 bits per heavy atom. The Labute approximate surface area is 68.2 Å². The van der Waals surface area contributed by atoms with Gasteiger partial charge in [0.2, 0.25) is 0 Å². The molecule has 0 fully saturated rings. The van der Waals surface area contributed by atoms with Gasteiger partial charge in [0.15, 0.2) is 0 Å². The summed E-state index contributed by atoms with van der Waals surface area (Å²) in [5, 5.41) is 0.142. The van der Waals surface area contributed by atoms with Crippen molar-refractivity contribution in [3.63, 3.8) is 0 Å². The highest BCUT2D eigenvalue weighted by Crippen LogP contribution is 2.53. The third kappa shape index (κ3) is 2.51. The summed E-state index contributed by atoms with van der Waals surface area (Å²) in [6.07, 6.45) is 1.53. The second-order valence-corrected chi connectivity index (χ2v) is 9.95. The number of carbonyl (C=O) groups is 1. The Morgan fingerprint density at radius 1 is 1.50 bits per heavy atom. The van der Waals surface area contributed by atoms with Gasteiger partial charge in [-0.2, -0.15) is 0 Å². The van der Waals surface area contributed by atoms with Gasteiger partial charge in [0, 0.05) is 6.16 Å². The second kappa shape index (κ2) is 3.15. The third-order valence-corrected chi connectivity index (χ3v) is 7.62. The van der Waals surface area contributed by atoms with Gasteiger partial charge in [-0.25, -0.2) is 0 Å². The van der Waals surface area contributed by atoms with Crippen LogP contribution >= 0.6 is 6.04 Å². The molecule has 0 radical (unpaired) electrons. The summed E-state index contributed by atoms with van der Waals surface area (Å²) < 4.78 is 0. The van der Waals surface area contributed by atoms with Crippen LogP contribution in [0.2, 0.25) is 0 Å². The summed E-state index contributed by atoms with van der Waals surface area (Å²) in [5.41, 5.74) is 0. The van der Waals surface area contributed by atoms with E-state index in [4.69, 9.17) is 11.8 Å². The standard InChI is InChI=1S/C7H15OPS/c1-7(2,3)9(4,10)6-5-8/h5H,6H2,1-4H3/t9-/m0/s1. The molecule has 1 atom stereocenters. The molecule has 0 saturated carbocycles. The Balaban J connectivity index is 4.41. The predicted octanol–water partition coefficient (Wildman–Crippen LogP) is 2.09. The van der Waals surface area contributed by atoms with Crippen molar-refractivity contribution in [2.24, 2.45) is 0 Å². The fraction of sp³-hybridized carbons (Fsp3) is 0.857. The summed E-state index contributed by atoms with van der Waals surface area (Å²) in [5.74, 6) is 0. The van der Waals surface area contributed by atoms with E-state index < -0.39 is 6.04 Å². The maximum atomic E-state index is 10.2. The van der Waals surface area contributed by atoms with E-state index in [9.17, 15) is 4.79 Å². The highest BCUT2D eigenvalue weighted by atomic mass is 32.4. The number of rotatable bonds is 2. The second-order valence-electron chi connectivity index (χ2n) is 3.62. The lowest BCUT2D eigenvalue weighted by Crippen LogP contribution is -2.16. The summed E-state index contributed by atoms with van der Waals surface area (Å²) in [6, 6.07) is -1.41. The number of hydrogen-bond acceptors (Lipinski definition) is 2. The minimum Gasteiger partial charge on any atom is -0.303 e. The normalized spacial score (nSPS) is 18.0. The van der Waals surface area contributed by atoms with Crippen LogP contribution < -0.4 is 0 Å². The molecule has 0 spiro atoms. The van der Waals surface area contributed by atoms with Crippen LogP contribution in [0, 0.1) is 0 Å². The SMILES string of the molecule is CC(C)(C)[P@@](C)(=S)CC=O. The van der Waals surface area contributed by atoms with Crippen LogP contribution in [0.5, 0.6) is 0 Å². The van der Waals surface area contributed by atoms with Crippen LogP contribution in [0.3, 0.4) is 0 Å². The molecular formula is C7H15OPS. The van der Waals surface area contributed by atoms with Gasteiger partial charge in [0.05, 0.1) is 0 Å². The zero-order chi connectivity index (χ0) is 8.41. The topological polar surface area (TPSA) is 17.1 Å². The molecule has 1 nitrogen and oxygen atoms in total. The van der Waals surface area contributed by atoms with E-state index in [-0.39, 0.29) is 5.16 Å². The molecule has 0 unspecified atom stereocenters. The fourth-order valence-electron chi connectivity index (χ4n) is 0.416. The predicted molar refractivity (Wildman–Crippen MR) is 50.9 cm³/mol. The van der Waals surface area contributed by atoms with E-state index >= 15 is 0 Å². The molecular weight excluding hydrogens is 163 g/mol. The Morgan fingerprint density at radius 2 is 1.90 bits per heavy atom. The molecule has 60 valence electrons. The van der Waals surface area contributed by atoms with Crippen LogP contribution in [0.25, 0.3) is 0 Å². The molecule has 0 rings (SSSR count). The molecule has 0 aliphatic heterocycles.